The lowest BCUT2D eigenvalue weighted by Crippen LogP contribution is -2.36. The van der Waals surface area contributed by atoms with Crippen LogP contribution in [0.1, 0.15) is 42.6 Å². The molecule has 1 N–H and O–H groups in total. The molecular formula is C26H26N2O4S2. The van der Waals surface area contributed by atoms with E-state index in [1.54, 1.807) is 30.3 Å². The fraction of sp³-hybridized carbons (Fsp3) is 0.231. The minimum absolute atomic E-state index is 0.190. The number of hydrogen-bond donors (Lipinski definition) is 1. The van der Waals surface area contributed by atoms with E-state index >= 15 is 0 Å². The molecule has 1 heterocycles. The van der Waals surface area contributed by atoms with Gasteiger partial charge in [-0.2, -0.15) is 0 Å². The zero-order chi connectivity index (χ0) is 24.5. The molecule has 2 aromatic carbocycles. The molecule has 1 aliphatic rings. The van der Waals surface area contributed by atoms with Gasteiger partial charge in [0.05, 0.1) is 17.1 Å². The van der Waals surface area contributed by atoms with Gasteiger partial charge in [0.1, 0.15) is 10.9 Å². The number of anilines is 1. The molecule has 0 aliphatic carbocycles. The van der Waals surface area contributed by atoms with Crippen molar-refractivity contribution >= 4 is 57.8 Å². The van der Waals surface area contributed by atoms with Crippen LogP contribution in [0, 0.1) is 0 Å². The third-order valence-corrected chi connectivity index (χ3v) is 6.24. The molecule has 0 saturated carbocycles. The van der Waals surface area contributed by atoms with Crippen molar-refractivity contribution < 1.29 is 19.1 Å². The SMILES string of the molecule is CCCCOC(=O)c1ccc(NC(=O)CN2C(=O)C(=CC(C)=Cc3ccccc3)SC2=S)cc1. The molecule has 6 nitrogen and oxygen atoms in total. The average molecular weight is 495 g/mol. The first-order valence-corrected chi connectivity index (χ1v) is 12.2. The van der Waals surface area contributed by atoms with E-state index in [-0.39, 0.29) is 18.4 Å². The first-order chi connectivity index (χ1) is 16.4. The van der Waals surface area contributed by atoms with Crippen molar-refractivity contribution in [3.05, 3.63) is 82.3 Å². The van der Waals surface area contributed by atoms with Gasteiger partial charge >= 0.3 is 5.97 Å². The number of carbonyl (C=O) groups is 3. The van der Waals surface area contributed by atoms with Crippen LogP contribution in [0.15, 0.2) is 71.2 Å². The Morgan fingerprint density at radius 2 is 1.82 bits per heavy atom. The van der Waals surface area contributed by atoms with Crippen molar-refractivity contribution in [2.75, 3.05) is 18.5 Å². The number of rotatable bonds is 9. The number of thiocarbonyl (C=S) groups is 1. The second kappa shape index (κ2) is 12.3. The van der Waals surface area contributed by atoms with Gasteiger partial charge in [0.2, 0.25) is 5.91 Å². The van der Waals surface area contributed by atoms with Gasteiger partial charge in [-0.1, -0.05) is 73.7 Å². The monoisotopic (exact) mass is 494 g/mol. The van der Waals surface area contributed by atoms with E-state index in [9.17, 15) is 14.4 Å². The minimum Gasteiger partial charge on any atom is -0.462 e. The lowest BCUT2D eigenvalue weighted by atomic mass is 10.1. The topological polar surface area (TPSA) is 75.7 Å². The number of benzene rings is 2. The summed E-state index contributed by atoms with van der Waals surface area (Å²) in [5.41, 5.74) is 2.86. The molecule has 0 spiro atoms. The highest BCUT2D eigenvalue weighted by molar-refractivity contribution is 8.26. The van der Waals surface area contributed by atoms with Crippen LogP contribution in [0.3, 0.4) is 0 Å². The Labute approximate surface area is 209 Å². The molecule has 176 valence electrons. The molecule has 0 radical (unpaired) electrons. The van der Waals surface area contributed by atoms with Crippen LogP contribution in [0.5, 0.6) is 0 Å². The summed E-state index contributed by atoms with van der Waals surface area (Å²) in [6.45, 7) is 4.13. The Morgan fingerprint density at radius 3 is 2.50 bits per heavy atom. The van der Waals surface area contributed by atoms with Crippen molar-refractivity contribution in [2.24, 2.45) is 0 Å². The second-order valence-electron chi connectivity index (χ2n) is 7.68. The summed E-state index contributed by atoms with van der Waals surface area (Å²) >= 11 is 6.50. The molecular weight excluding hydrogens is 468 g/mol. The standard InChI is InChI=1S/C26H26N2O4S2/c1-3-4-14-32-25(31)20-10-12-21(13-11-20)27-23(29)17-28-24(30)22(34-26(28)33)16-18(2)15-19-8-6-5-7-9-19/h5-13,15-16H,3-4,14,17H2,1-2H3,(H,27,29). The average Bonchev–Trinajstić information content (AvgIpc) is 3.07. The van der Waals surface area contributed by atoms with Gasteiger partial charge < -0.3 is 10.1 Å². The van der Waals surface area contributed by atoms with Crippen molar-refractivity contribution in [1.29, 1.82) is 0 Å². The van der Waals surface area contributed by atoms with Gasteiger partial charge in [0.25, 0.3) is 5.91 Å². The molecule has 0 unspecified atom stereocenters. The predicted octanol–water partition coefficient (Wildman–Crippen LogP) is 5.43. The van der Waals surface area contributed by atoms with E-state index in [4.69, 9.17) is 17.0 Å². The molecule has 1 saturated heterocycles. The lowest BCUT2D eigenvalue weighted by molar-refractivity contribution is -0.126. The maximum atomic E-state index is 12.8. The fourth-order valence-electron chi connectivity index (χ4n) is 3.12. The van der Waals surface area contributed by atoms with Crippen LogP contribution in [-0.4, -0.2) is 40.2 Å². The minimum atomic E-state index is -0.396. The van der Waals surface area contributed by atoms with Gasteiger partial charge in [-0.25, -0.2) is 4.79 Å². The summed E-state index contributed by atoms with van der Waals surface area (Å²) in [5.74, 6) is -1.07. The normalized spacial score (nSPS) is 15.1. The quantitative estimate of drug-likeness (QED) is 0.217. The van der Waals surface area contributed by atoms with E-state index in [0.29, 0.717) is 27.1 Å². The Hall–Kier alpha value is -3.23. The number of amides is 2. The molecule has 2 aromatic rings. The summed E-state index contributed by atoms with van der Waals surface area (Å²) < 4.78 is 5.51. The first-order valence-electron chi connectivity index (χ1n) is 10.9. The molecule has 8 heteroatoms. The third kappa shape index (κ3) is 7.13. The molecule has 34 heavy (non-hydrogen) atoms. The summed E-state index contributed by atoms with van der Waals surface area (Å²) in [6.07, 6.45) is 5.51. The first kappa shape index (κ1) is 25.4. The predicted molar refractivity (Wildman–Crippen MR) is 140 cm³/mol. The van der Waals surface area contributed by atoms with Crippen LogP contribution in [0.2, 0.25) is 0 Å². The fourth-order valence-corrected chi connectivity index (χ4v) is 4.43. The maximum Gasteiger partial charge on any atom is 0.338 e. The molecule has 3 rings (SSSR count). The summed E-state index contributed by atoms with van der Waals surface area (Å²) in [4.78, 5) is 39.1. The summed E-state index contributed by atoms with van der Waals surface area (Å²) in [7, 11) is 0. The molecule has 0 bridgehead atoms. The zero-order valence-corrected chi connectivity index (χ0v) is 20.7. The number of hydrogen-bond acceptors (Lipinski definition) is 6. The van der Waals surface area contributed by atoms with Crippen LogP contribution in [0.4, 0.5) is 5.69 Å². The van der Waals surface area contributed by atoms with Crippen molar-refractivity contribution in [3.63, 3.8) is 0 Å². The summed E-state index contributed by atoms with van der Waals surface area (Å²) in [5, 5.41) is 2.73. The Balaban J connectivity index is 1.57. The van der Waals surface area contributed by atoms with Crippen LogP contribution >= 0.6 is 24.0 Å². The molecule has 1 fully saturated rings. The van der Waals surface area contributed by atoms with Crippen molar-refractivity contribution in [1.82, 2.24) is 4.90 Å². The zero-order valence-electron chi connectivity index (χ0n) is 19.1. The number of nitrogens with zero attached hydrogens (tertiary/aromatic N) is 1. The van der Waals surface area contributed by atoms with E-state index in [1.165, 1.54) is 16.7 Å². The Bertz CT molecular complexity index is 1130. The van der Waals surface area contributed by atoms with E-state index in [1.807, 2.05) is 50.3 Å². The van der Waals surface area contributed by atoms with Crippen LogP contribution in [-0.2, 0) is 14.3 Å². The highest BCUT2D eigenvalue weighted by Crippen LogP contribution is 2.32. The highest BCUT2D eigenvalue weighted by Gasteiger charge is 2.33. The number of allylic oxidation sites excluding steroid dienone is 2. The van der Waals surface area contributed by atoms with Gasteiger partial charge in [-0.15, -0.1) is 0 Å². The third-order valence-electron chi connectivity index (χ3n) is 4.86. The second-order valence-corrected chi connectivity index (χ2v) is 9.36. The van der Waals surface area contributed by atoms with Crippen molar-refractivity contribution in [3.8, 4) is 0 Å². The number of esters is 1. The highest BCUT2D eigenvalue weighted by atomic mass is 32.2. The summed E-state index contributed by atoms with van der Waals surface area (Å²) in [6, 6.07) is 16.2. The maximum absolute atomic E-state index is 12.8. The number of carbonyl (C=O) groups excluding carboxylic acids is 3. The number of nitrogens with one attached hydrogen (secondary N) is 1. The lowest BCUT2D eigenvalue weighted by Gasteiger charge is -2.14. The van der Waals surface area contributed by atoms with Gasteiger partial charge in [-0.3, -0.25) is 14.5 Å². The van der Waals surface area contributed by atoms with E-state index in [0.717, 1.165) is 24.0 Å². The van der Waals surface area contributed by atoms with Crippen molar-refractivity contribution in [2.45, 2.75) is 26.7 Å². The smallest absolute Gasteiger partial charge is 0.338 e. The largest absolute Gasteiger partial charge is 0.462 e. The molecule has 1 aliphatic heterocycles. The van der Waals surface area contributed by atoms with Gasteiger partial charge in [0.15, 0.2) is 0 Å². The molecule has 0 atom stereocenters. The van der Waals surface area contributed by atoms with Crippen LogP contribution in [0.25, 0.3) is 6.08 Å². The van der Waals surface area contributed by atoms with E-state index < -0.39 is 5.97 Å². The Kier molecular flexibility index (Phi) is 9.18. The van der Waals surface area contributed by atoms with Crippen LogP contribution < -0.4 is 5.32 Å². The number of ether oxygens (including phenoxy) is 1. The van der Waals surface area contributed by atoms with Gasteiger partial charge in [-0.05, 0) is 54.8 Å². The number of unbranched alkanes of at least 4 members (excludes halogenated alkanes) is 1. The Morgan fingerprint density at radius 1 is 1.12 bits per heavy atom. The molecule has 2 amide bonds. The molecule has 0 aromatic heterocycles. The van der Waals surface area contributed by atoms with E-state index in [2.05, 4.69) is 5.32 Å². The van der Waals surface area contributed by atoms with Gasteiger partial charge in [0, 0.05) is 5.69 Å². The number of thioether (sulfide) groups is 1.